The van der Waals surface area contributed by atoms with Crippen molar-refractivity contribution < 1.29 is 13.2 Å². The van der Waals surface area contributed by atoms with E-state index >= 15 is 0 Å². The molecule has 0 aliphatic heterocycles. The summed E-state index contributed by atoms with van der Waals surface area (Å²) >= 11 is 0. The summed E-state index contributed by atoms with van der Waals surface area (Å²) in [7, 11) is -2.37. The van der Waals surface area contributed by atoms with Gasteiger partial charge in [-0.2, -0.15) is 4.31 Å². The molecule has 0 bridgehead atoms. The SMILES string of the molecule is CCCCOc1ccc(S(=O)(=O)N(C)C(C)c2nc3ccccc3c(=O)n2-c2ccc(C)cc2C)cc1. The summed E-state index contributed by atoms with van der Waals surface area (Å²) in [6.07, 6.45) is 1.95. The van der Waals surface area contributed by atoms with E-state index in [4.69, 9.17) is 9.72 Å². The Morgan fingerprint density at radius 1 is 1.03 bits per heavy atom. The van der Waals surface area contributed by atoms with Gasteiger partial charge in [-0.3, -0.25) is 9.36 Å². The zero-order chi connectivity index (χ0) is 26.7. The van der Waals surface area contributed by atoms with Crippen LogP contribution in [0.25, 0.3) is 16.6 Å². The Kier molecular flexibility index (Phi) is 7.80. The normalized spacial score (nSPS) is 12.7. The molecule has 3 aromatic carbocycles. The molecule has 1 heterocycles. The Hall–Kier alpha value is -3.49. The lowest BCUT2D eigenvalue weighted by Gasteiger charge is -2.27. The van der Waals surface area contributed by atoms with Crippen LogP contribution in [0.15, 0.2) is 76.4 Å². The number of aryl methyl sites for hydroxylation is 2. The fourth-order valence-corrected chi connectivity index (χ4v) is 5.62. The van der Waals surface area contributed by atoms with E-state index in [1.165, 1.54) is 11.4 Å². The summed E-state index contributed by atoms with van der Waals surface area (Å²) in [6, 6.07) is 18.6. The topological polar surface area (TPSA) is 81.5 Å². The van der Waals surface area contributed by atoms with Gasteiger partial charge in [0.15, 0.2) is 0 Å². The number of fused-ring (bicyclic) bond motifs is 1. The van der Waals surface area contributed by atoms with Crippen molar-refractivity contribution in [1.29, 1.82) is 0 Å². The molecule has 194 valence electrons. The first-order valence-electron chi connectivity index (χ1n) is 12.5. The third-order valence-corrected chi connectivity index (χ3v) is 8.52. The third kappa shape index (κ3) is 5.31. The largest absolute Gasteiger partial charge is 0.494 e. The molecule has 0 saturated heterocycles. The number of para-hydroxylation sites is 1. The molecule has 4 rings (SSSR count). The molecule has 0 aliphatic rings. The highest BCUT2D eigenvalue weighted by atomic mass is 32.2. The van der Waals surface area contributed by atoms with Gasteiger partial charge < -0.3 is 4.74 Å². The lowest BCUT2D eigenvalue weighted by molar-refractivity contribution is 0.309. The molecular weight excluding hydrogens is 486 g/mol. The molecule has 0 fully saturated rings. The van der Waals surface area contributed by atoms with Crippen molar-refractivity contribution in [2.45, 2.75) is 51.5 Å². The Labute approximate surface area is 218 Å². The lowest BCUT2D eigenvalue weighted by atomic mass is 10.1. The maximum Gasteiger partial charge on any atom is 0.266 e. The predicted octanol–water partition coefficient (Wildman–Crippen LogP) is 5.56. The summed E-state index contributed by atoms with van der Waals surface area (Å²) in [5, 5.41) is 0.475. The van der Waals surface area contributed by atoms with Crippen LogP contribution >= 0.6 is 0 Å². The van der Waals surface area contributed by atoms with Gasteiger partial charge in [-0.1, -0.05) is 43.2 Å². The molecule has 0 radical (unpaired) electrons. The van der Waals surface area contributed by atoms with Gasteiger partial charge in [-0.15, -0.1) is 0 Å². The molecular formula is C29H33N3O4S. The van der Waals surface area contributed by atoms with E-state index in [0.717, 1.165) is 24.0 Å². The van der Waals surface area contributed by atoms with Crippen LogP contribution in [-0.4, -0.2) is 35.9 Å². The fraction of sp³-hybridized carbons (Fsp3) is 0.310. The summed E-state index contributed by atoms with van der Waals surface area (Å²) in [6.45, 7) is 8.34. The van der Waals surface area contributed by atoms with Crippen molar-refractivity contribution in [2.24, 2.45) is 0 Å². The first-order chi connectivity index (χ1) is 17.6. The molecule has 0 aliphatic carbocycles. The van der Waals surface area contributed by atoms with E-state index < -0.39 is 16.1 Å². The highest BCUT2D eigenvalue weighted by molar-refractivity contribution is 7.89. The molecule has 1 unspecified atom stereocenters. The van der Waals surface area contributed by atoms with Crippen LogP contribution in [-0.2, 0) is 10.0 Å². The maximum absolute atomic E-state index is 13.7. The Morgan fingerprint density at radius 2 is 1.73 bits per heavy atom. The summed E-state index contributed by atoms with van der Waals surface area (Å²) in [4.78, 5) is 18.7. The first-order valence-corrected chi connectivity index (χ1v) is 13.9. The zero-order valence-electron chi connectivity index (χ0n) is 21.9. The number of nitrogens with zero attached hydrogens (tertiary/aromatic N) is 3. The predicted molar refractivity (Wildman–Crippen MR) is 147 cm³/mol. The van der Waals surface area contributed by atoms with E-state index in [9.17, 15) is 13.2 Å². The summed E-state index contributed by atoms with van der Waals surface area (Å²) < 4.78 is 35.7. The summed E-state index contributed by atoms with van der Waals surface area (Å²) in [5.74, 6) is 0.976. The second-order valence-corrected chi connectivity index (χ2v) is 11.3. The number of aromatic nitrogens is 2. The average molecular weight is 520 g/mol. The molecule has 1 atom stereocenters. The second kappa shape index (κ2) is 10.9. The molecule has 0 spiro atoms. The number of ether oxygens (including phenoxy) is 1. The van der Waals surface area contributed by atoms with Crippen molar-refractivity contribution in [3.05, 3.63) is 94.0 Å². The standard InChI is InChI=1S/C29H33N3O4S/c1-6-7-18-36-23-13-15-24(16-14-23)37(34,35)31(5)22(4)28-30-26-11-9-8-10-25(26)29(33)32(28)27-17-12-20(2)19-21(27)3/h8-17,19,22H,6-7,18H2,1-5H3. The molecule has 0 amide bonds. The van der Waals surface area contributed by atoms with Crippen molar-refractivity contribution >= 4 is 20.9 Å². The van der Waals surface area contributed by atoms with Gasteiger partial charge in [0, 0.05) is 7.05 Å². The lowest BCUT2D eigenvalue weighted by Crippen LogP contribution is -2.35. The number of hydrogen-bond acceptors (Lipinski definition) is 5. The van der Waals surface area contributed by atoms with Crippen molar-refractivity contribution in [1.82, 2.24) is 13.9 Å². The second-order valence-electron chi connectivity index (χ2n) is 9.29. The van der Waals surface area contributed by atoms with E-state index in [-0.39, 0.29) is 10.5 Å². The van der Waals surface area contributed by atoms with E-state index in [2.05, 4.69) is 6.92 Å². The maximum atomic E-state index is 13.7. The molecule has 7 nitrogen and oxygen atoms in total. The number of rotatable bonds is 9. The van der Waals surface area contributed by atoms with Gasteiger partial charge in [0.25, 0.3) is 5.56 Å². The van der Waals surface area contributed by atoms with Crippen molar-refractivity contribution in [3.8, 4) is 11.4 Å². The van der Waals surface area contributed by atoms with Crippen LogP contribution in [0.2, 0.25) is 0 Å². The van der Waals surface area contributed by atoms with Crippen molar-refractivity contribution in [2.75, 3.05) is 13.7 Å². The zero-order valence-corrected chi connectivity index (χ0v) is 22.7. The van der Waals surface area contributed by atoms with Gasteiger partial charge in [0.2, 0.25) is 10.0 Å². The van der Waals surface area contributed by atoms with Crippen molar-refractivity contribution in [3.63, 3.8) is 0 Å². The fourth-order valence-electron chi connectivity index (χ4n) is 4.30. The van der Waals surface area contributed by atoms with Gasteiger partial charge in [0.1, 0.15) is 11.6 Å². The highest BCUT2D eigenvalue weighted by Crippen LogP contribution is 2.28. The minimum atomic E-state index is -3.89. The number of unbranched alkanes of at least 4 members (excludes halogenated alkanes) is 1. The van der Waals surface area contributed by atoms with Crippen LogP contribution in [0.3, 0.4) is 0 Å². The average Bonchev–Trinajstić information content (AvgIpc) is 2.89. The smallest absolute Gasteiger partial charge is 0.266 e. The first kappa shape index (κ1) is 26.6. The van der Waals surface area contributed by atoms with Crippen LogP contribution in [0, 0.1) is 13.8 Å². The molecule has 1 aromatic heterocycles. The van der Waals surface area contributed by atoms with Crippen LogP contribution in [0.5, 0.6) is 5.75 Å². The number of benzene rings is 3. The van der Waals surface area contributed by atoms with Gasteiger partial charge in [0.05, 0.1) is 34.1 Å². The monoisotopic (exact) mass is 519 g/mol. The van der Waals surface area contributed by atoms with Gasteiger partial charge in [-0.05, 0) is 75.2 Å². The van der Waals surface area contributed by atoms with E-state index in [1.54, 1.807) is 54.0 Å². The minimum absolute atomic E-state index is 0.144. The quantitative estimate of drug-likeness (QED) is 0.270. The molecule has 0 saturated carbocycles. The number of hydrogen-bond donors (Lipinski definition) is 0. The Morgan fingerprint density at radius 3 is 2.41 bits per heavy atom. The number of sulfonamides is 1. The molecule has 8 heteroatoms. The van der Waals surface area contributed by atoms with Crippen LogP contribution in [0.4, 0.5) is 0 Å². The van der Waals surface area contributed by atoms with Gasteiger partial charge >= 0.3 is 0 Å². The van der Waals surface area contributed by atoms with E-state index in [0.29, 0.717) is 34.8 Å². The van der Waals surface area contributed by atoms with E-state index in [1.807, 2.05) is 38.1 Å². The summed E-state index contributed by atoms with van der Waals surface area (Å²) in [5.41, 5.74) is 2.93. The highest BCUT2D eigenvalue weighted by Gasteiger charge is 2.30. The molecule has 0 N–H and O–H groups in total. The Bertz CT molecular complexity index is 1580. The van der Waals surface area contributed by atoms with Crippen LogP contribution < -0.4 is 10.3 Å². The Balaban J connectivity index is 1.78. The molecule has 37 heavy (non-hydrogen) atoms. The van der Waals surface area contributed by atoms with Crippen LogP contribution in [0.1, 0.15) is 49.7 Å². The minimum Gasteiger partial charge on any atom is -0.494 e. The third-order valence-electron chi connectivity index (χ3n) is 6.58. The molecule has 4 aromatic rings. The van der Waals surface area contributed by atoms with Gasteiger partial charge in [-0.25, -0.2) is 13.4 Å².